The summed E-state index contributed by atoms with van der Waals surface area (Å²) in [5.41, 5.74) is 3.78. The van der Waals surface area contributed by atoms with Crippen molar-refractivity contribution >= 4 is 28.0 Å². The van der Waals surface area contributed by atoms with Crippen LogP contribution in [0.15, 0.2) is 24.3 Å². The maximum atomic E-state index is 13.6. The lowest BCUT2D eigenvalue weighted by molar-refractivity contribution is -0.118. The van der Waals surface area contributed by atoms with Crippen LogP contribution in [0, 0.1) is 0 Å². The number of ether oxygens (including phenoxy) is 1. The zero-order chi connectivity index (χ0) is 22.0. The second-order valence-electron chi connectivity index (χ2n) is 9.51. The third-order valence-corrected chi connectivity index (χ3v) is 7.34. The zero-order valence-corrected chi connectivity index (χ0v) is 19.6. The number of ketones is 1. The van der Waals surface area contributed by atoms with Crippen molar-refractivity contribution in [3.05, 3.63) is 51.4 Å². The van der Waals surface area contributed by atoms with E-state index in [4.69, 9.17) is 4.74 Å². The number of hydrogen-bond acceptors (Lipinski definition) is 5. The minimum absolute atomic E-state index is 0.0153. The van der Waals surface area contributed by atoms with Gasteiger partial charge in [0.25, 0.3) is 0 Å². The predicted molar refractivity (Wildman–Crippen MR) is 125 cm³/mol. The standard InChI is InChI=1S/C25H32N2O3S/c1-25(2,3)18-10-8-17(9-11-18)23(29)22-19-6-4-5-7-20(19)31-24(22)26-21(28)16-27-12-14-30-15-13-27/h8-11H,4-7,12-16H2,1-3H3,(H,26,28). The van der Waals surface area contributed by atoms with E-state index < -0.39 is 0 Å². The van der Waals surface area contributed by atoms with Crippen LogP contribution in [0.2, 0.25) is 0 Å². The van der Waals surface area contributed by atoms with Crippen molar-refractivity contribution in [3.63, 3.8) is 0 Å². The number of carbonyl (C=O) groups is 2. The van der Waals surface area contributed by atoms with Gasteiger partial charge in [-0.05, 0) is 42.2 Å². The van der Waals surface area contributed by atoms with Crippen molar-refractivity contribution < 1.29 is 14.3 Å². The van der Waals surface area contributed by atoms with Crippen LogP contribution in [0.5, 0.6) is 0 Å². The zero-order valence-electron chi connectivity index (χ0n) is 18.8. The molecule has 1 saturated heterocycles. The van der Waals surface area contributed by atoms with Crippen molar-refractivity contribution in [2.24, 2.45) is 0 Å². The third-order valence-electron chi connectivity index (χ3n) is 6.14. The highest BCUT2D eigenvalue weighted by molar-refractivity contribution is 7.17. The first-order valence-corrected chi connectivity index (χ1v) is 12.0. The molecular formula is C25H32N2O3S. The van der Waals surface area contributed by atoms with Crippen molar-refractivity contribution in [2.45, 2.75) is 51.9 Å². The van der Waals surface area contributed by atoms with Crippen LogP contribution in [0.25, 0.3) is 0 Å². The second-order valence-corrected chi connectivity index (χ2v) is 10.6. The van der Waals surface area contributed by atoms with Crippen molar-refractivity contribution in [2.75, 3.05) is 38.2 Å². The van der Waals surface area contributed by atoms with E-state index in [1.165, 1.54) is 10.4 Å². The van der Waals surface area contributed by atoms with E-state index in [2.05, 4.69) is 31.0 Å². The summed E-state index contributed by atoms with van der Waals surface area (Å²) in [6.45, 7) is 9.69. The summed E-state index contributed by atoms with van der Waals surface area (Å²) in [7, 11) is 0. The van der Waals surface area contributed by atoms with Gasteiger partial charge in [0.15, 0.2) is 5.78 Å². The molecule has 6 heteroatoms. The maximum Gasteiger partial charge on any atom is 0.239 e. The Morgan fingerprint density at radius 3 is 2.42 bits per heavy atom. The Kier molecular flexibility index (Phi) is 6.60. The van der Waals surface area contributed by atoms with Gasteiger partial charge in [-0.2, -0.15) is 0 Å². The van der Waals surface area contributed by atoms with Gasteiger partial charge in [0.05, 0.1) is 25.3 Å². The van der Waals surface area contributed by atoms with Gasteiger partial charge in [0, 0.05) is 23.5 Å². The first kappa shape index (κ1) is 22.2. The minimum Gasteiger partial charge on any atom is -0.379 e. The summed E-state index contributed by atoms with van der Waals surface area (Å²) in [6.07, 6.45) is 4.13. The van der Waals surface area contributed by atoms with Crippen LogP contribution < -0.4 is 5.32 Å². The molecule has 0 atom stereocenters. The fourth-order valence-electron chi connectivity index (χ4n) is 4.29. The van der Waals surface area contributed by atoms with Crippen LogP contribution in [0.1, 0.15) is 65.5 Å². The van der Waals surface area contributed by atoms with Crippen LogP contribution in [0.4, 0.5) is 5.00 Å². The number of anilines is 1. The van der Waals surface area contributed by atoms with Crippen molar-refractivity contribution in [1.29, 1.82) is 0 Å². The van der Waals surface area contributed by atoms with E-state index >= 15 is 0 Å². The van der Waals surface area contributed by atoms with Crippen LogP contribution in [0.3, 0.4) is 0 Å². The molecule has 0 bridgehead atoms. The number of rotatable bonds is 5. The number of hydrogen-bond donors (Lipinski definition) is 1. The normalized spacial score (nSPS) is 17.3. The molecule has 2 aromatic rings. The molecule has 2 heterocycles. The van der Waals surface area contributed by atoms with Crippen LogP contribution in [-0.4, -0.2) is 49.4 Å². The highest BCUT2D eigenvalue weighted by Crippen LogP contribution is 2.39. The highest BCUT2D eigenvalue weighted by atomic mass is 32.1. The molecule has 31 heavy (non-hydrogen) atoms. The van der Waals surface area contributed by atoms with E-state index in [1.54, 1.807) is 11.3 Å². The SMILES string of the molecule is CC(C)(C)c1ccc(C(=O)c2c(NC(=O)CN3CCOCC3)sc3c2CCCC3)cc1. The Morgan fingerprint density at radius 1 is 1.06 bits per heavy atom. The lowest BCUT2D eigenvalue weighted by atomic mass is 9.86. The fourth-order valence-corrected chi connectivity index (χ4v) is 5.59. The van der Waals surface area contributed by atoms with Gasteiger partial charge in [0.2, 0.25) is 5.91 Å². The quantitative estimate of drug-likeness (QED) is 0.699. The molecule has 1 fully saturated rings. The number of thiophene rings is 1. The number of amides is 1. The minimum atomic E-state index is -0.0578. The number of nitrogens with one attached hydrogen (secondary N) is 1. The Labute approximate surface area is 188 Å². The van der Waals surface area contributed by atoms with Gasteiger partial charge < -0.3 is 10.1 Å². The Balaban J connectivity index is 1.59. The number of carbonyl (C=O) groups excluding carboxylic acids is 2. The molecule has 0 spiro atoms. The summed E-state index contributed by atoms with van der Waals surface area (Å²) >= 11 is 1.59. The largest absolute Gasteiger partial charge is 0.379 e. The first-order valence-electron chi connectivity index (χ1n) is 11.2. The van der Waals surface area contributed by atoms with Crippen molar-refractivity contribution in [3.8, 4) is 0 Å². The second kappa shape index (κ2) is 9.23. The Bertz CT molecular complexity index is 950. The monoisotopic (exact) mass is 440 g/mol. The van der Waals surface area contributed by atoms with Crippen LogP contribution >= 0.6 is 11.3 Å². The average molecular weight is 441 g/mol. The van der Waals surface area contributed by atoms with Gasteiger partial charge in [-0.3, -0.25) is 14.5 Å². The van der Waals surface area contributed by atoms with E-state index in [0.717, 1.165) is 49.3 Å². The molecule has 5 nitrogen and oxygen atoms in total. The molecule has 1 amide bonds. The molecule has 1 N–H and O–H groups in total. The molecule has 2 aliphatic rings. The number of morpholine rings is 1. The summed E-state index contributed by atoms with van der Waals surface area (Å²) in [5, 5.41) is 3.80. The fraction of sp³-hybridized carbons (Fsp3) is 0.520. The summed E-state index contributed by atoms with van der Waals surface area (Å²) in [6, 6.07) is 7.94. The molecule has 0 saturated carbocycles. The number of benzene rings is 1. The van der Waals surface area contributed by atoms with E-state index in [9.17, 15) is 9.59 Å². The van der Waals surface area contributed by atoms with Crippen molar-refractivity contribution in [1.82, 2.24) is 4.90 Å². The maximum absolute atomic E-state index is 13.6. The Hall–Kier alpha value is -2.02. The van der Waals surface area contributed by atoms with Gasteiger partial charge in [0.1, 0.15) is 5.00 Å². The predicted octanol–water partition coefficient (Wildman–Crippen LogP) is 4.43. The molecule has 1 aliphatic heterocycles. The summed E-state index contributed by atoms with van der Waals surface area (Å²) < 4.78 is 5.37. The van der Waals surface area contributed by atoms with E-state index in [-0.39, 0.29) is 17.1 Å². The first-order chi connectivity index (χ1) is 14.8. The summed E-state index contributed by atoms with van der Waals surface area (Å²) in [4.78, 5) is 29.7. The van der Waals surface area contributed by atoms with E-state index in [0.29, 0.717) is 30.9 Å². The third kappa shape index (κ3) is 5.08. The number of aryl methyl sites for hydroxylation is 1. The van der Waals surface area contributed by atoms with Gasteiger partial charge >= 0.3 is 0 Å². The molecular weight excluding hydrogens is 408 g/mol. The molecule has 1 aliphatic carbocycles. The molecule has 4 rings (SSSR count). The lowest BCUT2D eigenvalue weighted by Gasteiger charge is -2.25. The average Bonchev–Trinajstić information content (AvgIpc) is 3.11. The summed E-state index contributed by atoms with van der Waals surface area (Å²) in [5.74, 6) is -0.0424. The lowest BCUT2D eigenvalue weighted by Crippen LogP contribution is -2.41. The van der Waals surface area contributed by atoms with E-state index in [1.807, 2.05) is 24.3 Å². The number of nitrogens with zero attached hydrogens (tertiary/aromatic N) is 1. The molecule has 166 valence electrons. The molecule has 1 aromatic carbocycles. The molecule has 1 aromatic heterocycles. The van der Waals surface area contributed by atoms with Crippen LogP contribution in [-0.2, 0) is 27.8 Å². The molecule has 0 radical (unpaired) electrons. The molecule has 0 unspecified atom stereocenters. The number of fused-ring (bicyclic) bond motifs is 1. The highest BCUT2D eigenvalue weighted by Gasteiger charge is 2.28. The van der Waals surface area contributed by atoms with Gasteiger partial charge in [-0.1, -0.05) is 45.0 Å². The Morgan fingerprint density at radius 2 is 1.74 bits per heavy atom. The van der Waals surface area contributed by atoms with Gasteiger partial charge in [-0.25, -0.2) is 0 Å². The topological polar surface area (TPSA) is 58.6 Å². The van der Waals surface area contributed by atoms with Gasteiger partial charge in [-0.15, -0.1) is 11.3 Å². The smallest absolute Gasteiger partial charge is 0.239 e.